The normalized spacial score (nSPS) is 23.5. The molecule has 1 fully saturated rings. The molecule has 1 aromatic heterocycles. The van der Waals surface area contributed by atoms with Gasteiger partial charge in [0.1, 0.15) is 5.00 Å². The fourth-order valence-corrected chi connectivity index (χ4v) is 2.95. The summed E-state index contributed by atoms with van der Waals surface area (Å²) < 4.78 is 5.53. The van der Waals surface area contributed by atoms with Crippen LogP contribution in [0, 0.1) is 0 Å². The Morgan fingerprint density at radius 1 is 1.55 bits per heavy atom. The molecule has 1 saturated heterocycles. The highest BCUT2D eigenvalue weighted by molar-refractivity contribution is 7.14. The molecule has 0 unspecified atom stereocenters. The van der Waals surface area contributed by atoms with Crippen molar-refractivity contribution in [2.45, 2.75) is 26.0 Å². The van der Waals surface area contributed by atoms with Crippen LogP contribution >= 0.6 is 11.3 Å². The van der Waals surface area contributed by atoms with Crippen molar-refractivity contribution < 1.29 is 14.3 Å². The SMILES string of the molecule is C[C@@H]1CO[C@@H](C)CN1CC(=O)Nc1sccc1C(N)=O. The second-order valence-electron chi connectivity index (χ2n) is 5.00. The van der Waals surface area contributed by atoms with Crippen molar-refractivity contribution in [2.75, 3.05) is 25.0 Å². The van der Waals surface area contributed by atoms with Crippen LogP contribution in [0.5, 0.6) is 0 Å². The van der Waals surface area contributed by atoms with Crippen LogP contribution in [0.2, 0.25) is 0 Å². The van der Waals surface area contributed by atoms with Gasteiger partial charge in [-0.15, -0.1) is 11.3 Å². The Balaban J connectivity index is 1.95. The smallest absolute Gasteiger partial charge is 0.251 e. The molecule has 6 nitrogen and oxygen atoms in total. The van der Waals surface area contributed by atoms with Gasteiger partial charge in [-0.25, -0.2) is 0 Å². The van der Waals surface area contributed by atoms with E-state index in [0.29, 0.717) is 17.2 Å². The lowest BCUT2D eigenvalue weighted by molar-refractivity contribution is -0.121. The average Bonchev–Trinajstić information content (AvgIpc) is 2.82. The quantitative estimate of drug-likeness (QED) is 0.864. The Hall–Kier alpha value is -1.44. The number of nitrogens with one attached hydrogen (secondary N) is 1. The van der Waals surface area contributed by atoms with Gasteiger partial charge in [0.25, 0.3) is 5.91 Å². The predicted molar refractivity (Wildman–Crippen MR) is 77.9 cm³/mol. The number of amides is 2. The Morgan fingerprint density at radius 3 is 3.00 bits per heavy atom. The van der Waals surface area contributed by atoms with E-state index in [1.165, 1.54) is 11.3 Å². The van der Waals surface area contributed by atoms with Gasteiger partial charge in [0, 0.05) is 12.6 Å². The Kier molecular flexibility index (Phi) is 4.74. The number of primary amides is 1. The highest BCUT2D eigenvalue weighted by Gasteiger charge is 2.25. The Morgan fingerprint density at radius 2 is 2.30 bits per heavy atom. The summed E-state index contributed by atoms with van der Waals surface area (Å²) in [7, 11) is 0. The van der Waals surface area contributed by atoms with Crippen molar-refractivity contribution in [3.8, 4) is 0 Å². The number of carbonyl (C=O) groups excluding carboxylic acids is 2. The lowest BCUT2D eigenvalue weighted by atomic mass is 10.2. The standard InChI is InChI=1S/C13H19N3O3S/c1-8-7-19-9(2)5-16(8)6-11(17)15-13-10(12(14)18)3-4-20-13/h3-4,8-9H,5-7H2,1-2H3,(H2,14,18)(H,15,17)/t8-,9+/m1/s1. The van der Waals surface area contributed by atoms with Crippen LogP contribution in [0.1, 0.15) is 24.2 Å². The fraction of sp³-hybridized carbons (Fsp3) is 0.538. The van der Waals surface area contributed by atoms with Crippen molar-refractivity contribution >= 4 is 28.2 Å². The highest BCUT2D eigenvalue weighted by atomic mass is 32.1. The lowest BCUT2D eigenvalue weighted by Crippen LogP contribution is -2.50. The molecule has 3 N–H and O–H groups in total. The summed E-state index contributed by atoms with van der Waals surface area (Å²) in [5, 5.41) is 4.99. The van der Waals surface area contributed by atoms with E-state index >= 15 is 0 Å². The molecule has 2 rings (SSSR count). The number of morpholine rings is 1. The molecule has 2 heterocycles. The van der Waals surface area contributed by atoms with Crippen LogP contribution in [0.15, 0.2) is 11.4 Å². The molecule has 0 radical (unpaired) electrons. The third-order valence-electron chi connectivity index (χ3n) is 3.27. The first-order valence-corrected chi connectivity index (χ1v) is 7.38. The molecule has 0 aromatic carbocycles. The summed E-state index contributed by atoms with van der Waals surface area (Å²) in [6, 6.07) is 1.82. The average molecular weight is 297 g/mol. The van der Waals surface area contributed by atoms with Crippen LogP contribution < -0.4 is 11.1 Å². The zero-order chi connectivity index (χ0) is 14.7. The monoisotopic (exact) mass is 297 g/mol. The molecule has 1 aliphatic rings. The number of thiophene rings is 1. The first-order chi connectivity index (χ1) is 9.47. The molecule has 7 heteroatoms. The third-order valence-corrected chi connectivity index (χ3v) is 4.10. The van der Waals surface area contributed by atoms with Crippen LogP contribution in [0.25, 0.3) is 0 Å². The van der Waals surface area contributed by atoms with Gasteiger partial charge < -0.3 is 15.8 Å². The maximum absolute atomic E-state index is 12.1. The van der Waals surface area contributed by atoms with Crippen molar-refractivity contribution in [3.63, 3.8) is 0 Å². The lowest BCUT2D eigenvalue weighted by Gasteiger charge is -2.36. The summed E-state index contributed by atoms with van der Waals surface area (Å²) >= 11 is 1.29. The molecule has 2 atom stereocenters. The number of carbonyl (C=O) groups is 2. The third kappa shape index (κ3) is 3.56. The molecule has 0 spiro atoms. The van der Waals surface area contributed by atoms with Gasteiger partial charge >= 0.3 is 0 Å². The van der Waals surface area contributed by atoms with E-state index in [0.717, 1.165) is 6.54 Å². The van der Waals surface area contributed by atoms with Crippen LogP contribution in [-0.2, 0) is 9.53 Å². The molecule has 0 bridgehead atoms. The summed E-state index contributed by atoms with van der Waals surface area (Å²) in [5.74, 6) is -0.675. The number of hydrogen-bond donors (Lipinski definition) is 2. The van der Waals surface area contributed by atoms with E-state index in [4.69, 9.17) is 10.5 Å². The van der Waals surface area contributed by atoms with Crippen LogP contribution in [-0.4, -0.2) is 48.6 Å². The molecule has 1 aromatic rings. The zero-order valence-electron chi connectivity index (χ0n) is 11.6. The van der Waals surface area contributed by atoms with Crippen LogP contribution in [0.4, 0.5) is 5.00 Å². The van der Waals surface area contributed by atoms with E-state index in [1.54, 1.807) is 11.4 Å². The van der Waals surface area contributed by atoms with E-state index in [-0.39, 0.29) is 24.6 Å². The molecule has 110 valence electrons. The van der Waals surface area contributed by atoms with Crippen LogP contribution in [0.3, 0.4) is 0 Å². The minimum atomic E-state index is -0.532. The fourth-order valence-electron chi connectivity index (χ4n) is 2.14. The Bertz CT molecular complexity index is 503. The largest absolute Gasteiger partial charge is 0.376 e. The number of ether oxygens (including phenoxy) is 1. The van der Waals surface area contributed by atoms with E-state index < -0.39 is 5.91 Å². The van der Waals surface area contributed by atoms with Gasteiger partial charge in [-0.3, -0.25) is 14.5 Å². The number of rotatable bonds is 4. The van der Waals surface area contributed by atoms with E-state index in [1.807, 2.05) is 13.8 Å². The predicted octanol–water partition coefficient (Wildman–Crippen LogP) is 0.895. The molecular formula is C13H19N3O3S. The highest BCUT2D eigenvalue weighted by Crippen LogP contribution is 2.22. The van der Waals surface area contributed by atoms with Gasteiger partial charge in [-0.2, -0.15) is 0 Å². The van der Waals surface area contributed by atoms with Crippen molar-refractivity contribution in [3.05, 3.63) is 17.0 Å². The maximum Gasteiger partial charge on any atom is 0.251 e. The van der Waals surface area contributed by atoms with Gasteiger partial charge in [0.15, 0.2) is 0 Å². The molecule has 0 aliphatic carbocycles. The van der Waals surface area contributed by atoms with E-state index in [9.17, 15) is 9.59 Å². The first-order valence-electron chi connectivity index (χ1n) is 6.50. The Labute approximate surface area is 121 Å². The minimum absolute atomic E-state index is 0.127. The van der Waals surface area contributed by atoms with Crippen molar-refractivity contribution in [1.29, 1.82) is 0 Å². The second kappa shape index (κ2) is 6.34. The molecular weight excluding hydrogens is 278 g/mol. The molecule has 0 saturated carbocycles. The van der Waals surface area contributed by atoms with Gasteiger partial charge in [-0.05, 0) is 25.3 Å². The topological polar surface area (TPSA) is 84.7 Å². The number of nitrogens with zero attached hydrogens (tertiary/aromatic N) is 1. The summed E-state index contributed by atoms with van der Waals surface area (Å²) in [4.78, 5) is 25.3. The zero-order valence-corrected chi connectivity index (χ0v) is 12.4. The maximum atomic E-state index is 12.1. The van der Waals surface area contributed by atoms with E-state index in [2.05, 4.69) is 10.2 Å². The first kappa shape index (κ1) is 15.0. The second-order valence-corrected chi connectivity index (χ2v) is 5.91. The van der Waals surface area contributed by atoms with Gasteiger partial charge in [-0.1, -0.05) is 0 Å². The molecule has 2 amide bonds. The molecule has 20 heavy (non-hydrogen) atoms. The van der Waals surface area contributed by atoms with Gasteiger partial charge in [0.05, 0.1) is 24.8 Å². The minimum Gasteiger partial charge on any atom is -0.376 e. The van der Waals surface area contributed by atoms with Crippen molar-refractivity contribution in [2.24, 2.45) is 5.73 Å². The molecule has 1 aliphatic heterocycles. The van der Waals surface area contributed by atoms with Gasteiger partial charge in [0.2, 0.25) is 5.91 Å². The summed E-state index contributed by atoms with van der Waals surface area (Å²) in [6.07, 6.45) is 0.127. The number of nitrogens with two attached hydrogens (primary N) is 1. The van der Waals surface area contributed by atoms with Crippen molar-refractivity contribution in [1.82, 2.24) is 4.90 Å². The summed E-state index contributed by atoms with van der Waals surface area (Å²) in [6.45, 7) is 5.65. The summed E-state index contributed by atoms with van der Waals surface area (Å²) in [5.41, 5.74) is 5.60. The number of hydrogen-bond acceptors (Lipinski definition) is 5. The number of anilines is 1.